The molecule has 2 aromatic carbocycles. The van der Waals surface area contributed by atoms with Gasteiger partial charge in [0.1, 0.15) is 11.9 Å². The van der Waals surface area contributed by atoms with Gasteiger partial charge in [-0.05, 0) is 42.3 Å². The highest BCUT2D eigenvalue weighted by Gasteiger charge is 2.06. The summed E-state index contributed by atoms with van der Waals surface area (Å²) >= 11 is 0. The molecule has 0 unspecified atom stereocenters. The molecule has 136 valence electrons. The van der Waals surface area contributed by atoms with Crippen LogP contribution in [-0.2, 0) is 16.1 Å². The zero-order valence-electron chi connectivity index (χ0n) is 14.4. The van der Waals surface area contributed by atoms with Gasteiger partial charge in [0, 0.05) is 6.54 Å². The molecule has 26 heavy (non-hydrogen) atoms. The number of nitrogens with zero attached hydrogens (tertiary/aromatic N) is 1. The average molecular weight is 355 g/mol. The van der Waals surface area contributed by atoms with Crippen LogP contribution in [0.25, 0.3) is 0 Å². The average Bonchev–Trinajstić information content (AvgIpc) is 2.66. The van der Waals surface area contributed by atoms with Gasteiger partial charge in [-0.3, -0.25) is 9.59 Å². The van der Waals surface area contributed by atoms with E-state index >= 15 is 0 Å². The Bertz CT molecular complexity index is 743. The van der Waals surface area contributed by atoms with E-state index in [4.69, 9.17) is 9.84 Å². The normalized spacial score (nSPS) is 11.8. The molecule has 0 spiro atoms. The van der Waals surface area contributed by atoms with Crippen molar-refractivity contribution in [2.45, 2.75) is 19.6 Å². The molecule has 7 heteroatoms. The fourth-order valence-electron chi connectivity index (χ4n) is 1.91. The Hall–Kier alpha value is -3.19. The molecular weight excluding hydrogens is 334 g/mol. The first-order chi connectivity index (χ1) is 12.5. The van der Waals surface area contributed by atoms with Gasteiger partial charge in [-0.15, -0.1) is 0 Å². The molecule has 0 fully saturated rings. The number of benzene rings is 2. The summed E-state index contributed by atoms with van der Waals surface area (Å²) in [6.45, 7) is 1.73. The monoisotopic (exact) mass is 355 g/mol. The van der Waals surface area contributed by atoms with E-state index in [9.17, 15) is 9.59 Å². The number of amides is 2. The zero-order valence-corrected chi connectivity index (χ0v) is 14.4. The number of aliphatic hydroxyl groups is 1. The highest BCUT2D eigenvalue weighted by molar-refractivity contribution is 5.84. The van der Waals surface area contributed by atoms with Crippen molar-refractivity contribution in [3.8, 4) is 5.75 Å². The molecule has 0 bridgehead atoms. The van der Waals surface area contributed by atoms with Crippen molar-refractivity contribution in [1.29, 1.82) is 0 Å². The Morgan fingerprint density at radius 3 is 2.50 bits per heavy atom. The first-order valence-corrected chi connectivity index (χ1v) is 8.09. The van der Waals surface area contributed by atoms with E-state index in [0.717, 1.165) is 11.1 Å². The Kier molecular flexibility index (Phi) is 7.32. The Labute approximate surface area is 151 Å². The van der Waals surface area contributed by atoms with Crippen LogP contribution in [0.3, 0.4) is 0 Å². The van der Waals surface area contributed by atoms with Gasteiger partial charge in [0.15, 0.2) is 6.61 Å². The first-order valence-electron chi connectivity index (χ1n) is 8.09. The zero-order chi connectivity index (χ0) is 18.8. The van der Waals surface area contributed by atoms with Gasteiger partial charge < -0.3 is 15.2 Å². The quantitative estimate of drug-likeness (QED) is 0.489. The second-order valence-electron chi connectivity index (χ2n) is 5.53. The number of rotatable bonds is 8. The first kappa shape index (κ1) is 19.1. The van der Waals surface area contributed by atoms with E-state index in [1.807, 2.05) is 30.3 Å². The van der Waals surface area contributed by atoms with E-state index < -0.39 is 12.0 Å². The number of carbonyl (C=O) groups is 2. The van der Waals surface area contributed by atoms with Gasteiger partial charge in [-0.2, -0.15) is 5.10 Å². The standard InChI is InChI=1S/C19H21N3O4/c1-14(23)19(25)22-21-12-16-7-9-17(10-8-16)26-13-18(24)20-11-15-5-3-2-4-6-15/h2-10,12,14,23H,11,13H2,1H3,(H,20,24)(H,22,25)/b21-12-/t14-/m0/s1. The second kappa shape index (κ2) is 9.95. The van der Waals surface area contributed by atoms with Crippen LogP contribution in [0.4, 0.5) is 0 Å². The minimum Gasteiger partial charge on any atom is -0.484 e. The number of aliphatic hydroxyl groups excluding tert-OH is 1. The summed E-state index contributed by atoms with van der Waals surface area (Å²) in [4.78, 5) is 22.9. The molecular formula is C19H21N3O4. The number of ether oxygens (including phenoxy) is 1. The Morgan fingerprint density at radius 1 is 1.15 bits per heavy atom. The summed E-state index contributed by atoms with van der Waals surface area (Å²) in [5.41, 5.74) is 3.96. The van der Waals surface area contributed by atoms with Crippen molar-refractivity contribution in [2.24, 2.45) is 5.10 Å². The summed E-state index contributed by atoms with van der Waals surface area (Å²) in [5.74, 6) is -0.243. The summed E-state index contributed by atoms with van der Waals surface area (Å²) in [7, 11) is 0. The van der Waals surface area contributed by atoms with Gasteiger partial charge in [0.2, 0.25) is 0 Å². The minimum atomic E-state index is -1.11. The third-order valence-electron chi connectivity index (χ3n) is 3.35. The smallest absolute Gasteiger partial charge is 0.268 e. The predicted octanol–water partition coefficient (Wildman–Crippen LogP) is 1.21. The van der Waals surface area contributed by atoms with Crippen LogP contribution < -0.4 is 15.5 Å². The summed E-state index contributed by atoms with van der Waals surface area (Å²) in [6.07, 6.45) is 0.326. The highest BCUT2D eigenvalue weighted by atomic mass is 16.5. The molecule has 0 aromatic heterocycles. The lowest BCUT2D eigenvalue weighted by Crippen LogP contribution is -2.28. The van der Waals surface area contributed by atoms with Crippen molar-refractivity contribution in [1.82, 2.24) is 10.7 Å². The van der Waals surface area contributed by atoms with E-state index in [1.165, 1.54) is 13.1 Å². The van der Waals surface area contributed by atoms with Gasteiger partial charge in [-0.1, -0.05) is 30.3 Å². The molecule has 3 N–H and O–H groups in total. The Balaban J connectivity index is 1.73. The van der Waals surface area contributed by atoms with Crippen molar-refractivity contribution >= 4 is 18.0 Å². The maximum Gasteiger partial charge on any atom is 0.268 e. The van der Waals surface area contributed by atoms with Gasteiger partial charge in [-0.25, -0.2) is 5.43 Å². The maximum atomic E-state index is 11.8. The molecule has 0 radical (unpaired) electrons. The number of hydrogen-bond acceptors (Lipinski definition) is 5. The fraction of sp³-hybridized carbons (Fsp3) is 0.211. The molecule has 0 saturated carbocycles. The van der Waals surface area contributed by atoms with E-state index in [-0.39, 0.29) is 12.5 Å². The van der Waals surface area contributed by atoms with Crippen LogP contribution in [0, 0.1) is 0 Å². The third-order valence-corrected chi connectivity index (χ3v) is 3.35. The van der Waals surface area contributed by atoms with E-state index in [1.54, 1.807) is 24.3 Å². The van der Waals surface area contributed by atoms with Crippen molar-refractivity contribution < 1.29 is 19.4 Å². The lowest BCUT2D eigenvalue weighted by atomic mass is 10.2. The molecule has 2 amide bonds. The Morgan fingerprint density at radius 2 is 1.85 bits per heavy atom. The van der Waals surface area contributed by atoms with E-state index in [0.29, 0.717) is 12.3 Å². The molecule has 0 saturated heterocycles. The number of hydrogen-bond donors (Lipinski definition) is 3. The summed E-state index contributed by atoms with van der Waals surface area (Å²) in [5, 5.41) is 15.5. The second-order valence-corrected chi connectivity index (χ2v) is 5.53. The topological polar surface area (TPSA) is 100 Å². The number of hydrazone groups is 1. The van der Waals surface area contributed by atoms with Crippen LogP contribution in [0.1, 0.15) is 18.1 Å². The molecule has 0 aliphatic heterocycles. The van der Waals surface area contributed by atoms with Crippen molar-refractivity contribution in [2.75, 3.05) is 6.61 Å². The fourth-order valence-corrected chi connectivity index (χ4v) is 1.91. The molecule has 7 nitrogen and oxygen atoms in total. The van der Waals surface area contributed by atoms with E-state index in [2.05, 4.69) is 15.8 Å². The molecule has 0 aliphatic carbocycles. The number of nitrogens with one attached hydrogen (secondary N) is 2. The minimum absolute atomic E-state index is 0.0787. The van der Waals surface area contributed by atoms with Gasteiger partial charge in [0.05, 0.1) is 6.21 Å². The summed E-state index contributed by atoms with van der Waals surface area (Å²) < 4.78 is 5.43. The SMILES string of the molecule is C[C@H](O)C(=O)N/N=C\c1ccc(OCC(=O)NCc2ccccc2)cc1. The molecule has 2 rings (SSSR count). The van der Waals surface area contributed by atoms with Crippen LogP contribution in [0.5, 0.6) is 5.75 Å². The van der Waals surface area contributed by atoms with Crippen LogP contribution in [0.2, 0.25) is 0 Å². The van der Waals surface area contributed by atoms with Crippen molar-refractivity contribution in [3.05, 3.63) is 65.7 Å². The van der Waals surface area contributed by atoms with Gasteiger partial charge >= 0.3 is 0 Å². The highest BCUT2D eigenvalue weighted by Crippen LogP contribution is 2.11. The third kappa shape index (κ3) is 6.74. The molecule has 1 atom stereocenters. The van der Waals surface area contributed by atoms with Crippen molar-refractivity contribution in [3.63, 3.8) is 0 Å². The molecule has 2 aromatic rings. The van der Waals surface area contributed by atoms with Gasteiger partial charge in [0.25, 0.3) is 11.8 Å². The van der Waals surface area contributed by atoms with Crippen LogP contribution in [-0.4, -0.2) is 35.8 Å². The van der Waals surface area contributed by atoms with Crippen LogP contribution in [0.15, 0.2) is 59.7 Å². The van der Waals surface area contributed by atoms with Crippen LogP contribution >= 0.6 is 0 Å². The maximum absolute atomic E-state index is 11.8. The molecule has 0 aliphatic rings. The summed E-state index contributed by atoms with van der Waals surface area (Å²) in [6, 6.07) is 16.5. The predicted molar refractivity (Wildman–Crippen MR) is 97.6 cm³/mol. The lowest BCUT2D eigenvalue weighted by Gasteiger charge is -2.08. The number of carbonyl (C=O) groups excluding carboxylic acids is 2. The largest absolute Gasteiger partial charge is 0.484 e. The molecule has 0 heterocycles. The lowest BCUT2D eigenvalue weighted by molar-refractivity contribution is -0.128.